The van der Waals surface area contributed by atoms with Crippen molar-refractivity contribution < 1.29 is 0 Å². The van der Waals surface area contributed by atoms with Crippen molar-refractivity contribution in [1.29, 1.82) is 0 Å². The minimum atomic E-state index is -0.636. The summed E-state index contributed by atoms with van der Waals surface area (Å²) < 4.78 is 2.51. The van der Waals surface area contributed by atoms with Crippen molar-refractivity contribution in [3.8, 4) is 62.1 Å². The van der Waals surface area contributed by atoms with Gasteiger partial charge < -0.3 is 4.57 Å². The molecule has 11 aromatic rings. The molecule has 4 nitrogen and oxygen atoms in total. The summed E-state index contributed by atoms with van der Waals surface area (Å²) in [5.41, 5.74) is 17.0. The highest BCUT2D eigenvalue weighted by Crippen LogP contribution is 2.57. The van der Waals surface area contributed by atoms with E-state index in [0.717, 1.165) is 34.2 Å². The molecule has 1 atom stereocenters. The van der Waals surface area contributed by atoms with Crippen molar-refractivity contribution in [3.05, 3.63) is 246 Å². The number of thioether (sulfide) groups is 1. The van der Waals surface area contributed by atoms with Crippen LogP contribution in [0.3, 0.4) is 0 Å². The largest absolute Gasteiger partial charge is 0.309 e. The lowest BCUT2D eigenvalue weighted by atomic mass is 9.61. The van der Waals surface area contributed by atoms with Crippen LogP contribution >= 0.6 is 11.8 Å². The number of nitrogens with zero attached hydrogens (tertiary/aromatic N) is 4. The molecule has 0 saturated heterocycles. The standard InChI is InChI=1S/C61H44N4S/c1-3-46-47(44-23-16-24-45(39-44)60-63-58(42-21-8-5-9-22-42)62-59(64-60)43-37-35-41(36-38-43)40-19-6-4-7-20-40)26-17-30-50(46)61(52-29-12-15-34-56(52)66-2)51-28-11-14-33-55(51)65-54-32-13-10-25-48(54)49-27-18-31-53(61)57(49)65/h4-39H,3H2,1-2H3. The molecule has 0 amide bonds. The minimum absolute atomic E-state index is 0.633. The van der Waals surface area contributed by atoms with Crippen LogP contribution in [0.5, 0.6) is 0 Å². The van der Waals surface area contributed by atoms with Gasteiger partial charge in [0.2, 0.25) is 0 Å². The van der Waals surface area contributed by atoms with Crippen LogP contribution < -0.4 is 0 Å². The molecule has 0 radical (unpaired) electrons. The van der Waals surface area contributed by atoms with E-state index in [9.17, 15) is 0 Å². The van der Waals surface area contributed by atoms with Crippen LogP contribution in [0.15, 0.2) is 223 Å². The zero-order valence-electron chi connectivity index (χ0n) is 36.7. The molecular formula is C61H44N4S. The van der Waals surface area contributed by atoms with Gasteiger partial charge in [-0.25, -0.2) is 15.0 Å². The predicted octanol–water partition coefficient (Wildman–Crippen LogP) is 15.3. The third kappa shape index (κ3) is 6.26. The molecule has 1 unspecified atom stereocenters. The van der Waals surface area contributed by atoms with Crippen LogP contribution in [0, 0.1) is 0 Å². The number of para-hydroxylation sites is 3. The molecule has 66 heavy (non-hydrogen) atoms. The van der Waals surface area contributed by atoms with Gasteiger partial charge >= 0.3 is 0 Å². The Morgan fingerprint density at radius 1 is 0.424 bits per heavy atom. The van der Waals surface area contributed by atoms with Gasteiger partial charge in [0.15, 0.2) is 17.5 Å². The highest BCUT2D eigenvalue weighted by atomic mass is 32.2. The van der Waals surface area contributed by atoms with Crippen molar-refractivity contribution in [3.63, 3.8) is 0 Å². The lowest BCUT2D eigenvalue weighted by Crippen LogP contribution is -2.37. The lowest BCUT2D eigenvalue weighted by Gasteiger charge is -2.43. The molecule has 0 aliphatic carbocycles. The summed E-state index contributed by atoms with van der Waals surface area (Å²) in [6, 6.07) is 78.8. The third-order valence-electron chi connectivity index (χ3n) is 13.4. The Labute approximate surface area is 389 Å². The summed E-state index contributed by atoms with van der Waals surface area (Å²) in [7, 11) is 0. The maximum absolute atomic E-state index is 5.20. The molecule has 5 heteroatoms. The lowest BCUT2D eigenvalue weighted by molar-refractivity contribution is 0.703. The molecule has 2 aromatic heterocycles. The number of hydrogen-bond acceptors (Lipinski definition) is 4. The first-order chi connectivity index (χ1) is 32.6. The van der Waals surface area contributed by atoms with Gasteiger partial charge in [-0.05, 0) is 87.0 Å². The van der Waals surface area contributed by atoms with Crippen molar-refractivity contribution in [2.75, 3.05) is 6.26 Å². The number of rotatable bonds is 9. The second-order valence-electron chi connectivity index (χ2n) is 16.9. The van der Waals surface area contributed by atoms with Gasteiger partial charge in [-0.1, -0.05) is 201 Å². The molecule has 1 aliphatic rings. The number of hydrogen-bond donors (Lipinski definition) is 0. The Bertz CT molecular complexity index is 3620. The Balaban J connectivity index is 1.07. The average Bonchev–Trinajstić information content (AvgIpc) is 3.74. The molecular weight excluding hydrogens is 821 g/mol. The fourth-order valence-electron chi connectivity index (χ4n) is 10.6. The molecule has 0 N–H and O–H groups in total. The number of benzene rings is 9. The Hall–Kier alpha value is -7.86. The van der Waals surface area contributed by atoms with E-state index in [1.807, 2.05) is 36.0 Å². The SMILES string of the molecule is CCc1c(-c2cccc(-c3nc(-c4ccccc4)nc(-c4ccc(-c5ccccc5)cc4)n3)c2)cccc1C1(c2ccccc2SC)c2ccccc2-n2c3ccccc3c3cccc1c32. The van der Waals surface area contributed by atoms with Crippen LogP contribution in [0.1, 0.15) is 34.7 Å². The molecule has 9 aromatic carbocycles. The van der Waals surface area contributed by atoms with Crippen LogP contribution in [-0.4, -0.2) is 25.8 Å². The van der Waals surface area contributed by atoms with E-state index < -0.39 is 5.41 Å². The Kier molecular flexibility index (Phi) is 9.80. The molecule has 0 bridgehead atoms. The average molecular weight is 865 g/mol. The molecule has 0 saturated carbocycles. The normalized spacial score (nSPS) is 14.1. The number of aromatic nitrogens is 4. The van der Waals surface area contributed by atoms with E-state index in [1.54, 1.807) is 0 Å². The smallest absolute Gasteiger partial charge is 0.164 e. The first-order valence-electron chi connectivity index (χ1n) is 22.6. The molecule has 314 valence electrons. The quantitative estimate of drug-likeness (QED) is 0.136. The van der Waals surface area contributed by atoms with Gasteiger partial charge in [0, 0.05) is 32.4 Å². The predicted molar refractivity (Wildman–Crippen MR) is 274 cm³/mol. The topological polar surface area (TPSA) is 43.6 Å². The van der Waals surface area contributed by atoms with Gasteiger partial charge in [0.05, 0.1) is 22.1 Å². The molecule has 1 aliphatic heterocycles. The van der Waals surface area contributed by atoms with Gasteiger partial charge in [-0.2, -0.15) is 0 Å². The van der Waals surface area contributed by atoms with E-state index in [1.165, 1.54) is 71.3 Å². The fraction of sp³-hybridized carbons (Fsp3) is 0.0656. The van der Waals surface area contributed by atoms with E-state index >= 15 is 0 Å². The second-order valence-corrected chi connectivity index (χ2v) is 17.8. The van der Waals surface area contributed by atoms with Gasteiger partial charge in [0.25, 0.3) is 0 Å². The zero-order valence-corrected chi connectivity index (χ0v) is 37.5. The van der Waals surface area contributed by atoms with Gasteiger partial charge in [-0.15, -0.1) is 11.8 Å². The minimum Gasteiger partial charge on any atom is -0.309 e. The van der Waals surface area contributed by atoms with E-state index in [4.69, 9.17) is 15.0 Å². The van der Waals surface area contributed by atoms with E-state index in [-0.39, 0.29) is 0 Å². The third-order valence-corrected chi connectivity index (χ3v) is 14.2. The zero-order chi connectivity index (χ0) is 44.2. The second kappa shape index (κ2) is 16.3. The maximum atomic E-state index is 5.20. The van der Waals surface area contributed by atoms with E-state index in [2.05, 4.69) is 212 Å². The Morgan fingerprint density at radius 2 is 0.939 bits per heavy atom. The van der Waals surface area contributed by atoms with Crippen LogP contribution in [0.4, 0.5) is 0 Å². The van der Waals surface area contributed by atoms with Crippen molar-refractivity contribution in [2.24, 2.45) is 0 Å². The Morgan fingerprint density at radius 3 is 1.70 bits per heavy atom. The summed E-state index contributed by atoms with van der Waals surface area (Å²) in [6.45, 7) is 2.31. The molecule has 0 spiro atoms. The first kappa shape index (κ1) is 39.7. The first-order valence-corrected chi connectivity index (χ1v) is 23.8. The van der Waals surface area contributed by atoms with Crippen LogP contribution in [0.25, 0.3) is 83.9 Å². The summed E-state index contributed by atoms with van der Waals surface area (Å²) in [5.74, 6) is 1.91. The van der Waals surface area contributed by atoms with Gasteiger partial charge in [-0.3, -0.25) is 0 Å². The monoisotopic (exact) mass is 864 g/mol. The van der Waals surface area contributed by atoms with Crippen molar-refractivity contribution in [2.45, 2.75) is 23.7 Å². The summed E-state index contributed by atoms with van der Waals surface area (Å²) in [5, 5.41) is 2.53. The fourth-order valence-corrected chi connectivity index (χ4v) is 11.2. The van der Waals surface area contributed by atoms with Crippen LogP contribution in [-0.2, 0) is 11.8 Å². The molecule has 12 rings (SSSR count). The highest BCUT2D eigenvalue weighted by molar-refractivity contribution is 7.98. The maximum Gasteiger partial charge on any atom is 0.164 e. The van der Waals surface area contributed by atoms with E-state index in [0.29, 0.717) is 17.5 Å². The summed E-state index contributed by atoms with van der Waals surface area (Å²) >= 11 is 1.82. The van der Waals surface area contributed by atoms with Crippen molar-refractivity contribution >= 4 is 33.6 Å². The van der Waals surface area contributed by atoms with Gasteiger partial charge in [0.1, 0.15) is 0 Å². The highest BCUT2D eigenvalue weighted by Gasteiger charge is 2.47. The summed E-state index contributed by atoms with van der Waals surface area (Å²) in [6.07, 6.45) is 3.03. The number of fused-ring (bicyclic) bond motifs is 5. The van der Waals surface area contributed by atoms with Crippen molar-refractivity contribution in [1.82, 2.24) is 19.5 Å². The molecule has 3 heterocycles. The molecule has 0 fully saturated rings. The summed E-state index contributed by atoms with van der Waals surface area (Å²) in [4.78, 5) is 16.7. The van der Waals surface area contributed by atoms with Crippen LogP contribution in [0.2, 0.25) is 0 Å².